The van der Waals surface area contributed by atoms with Crippen LogP contribution in [0, 0.1) is 0 Å². The smallest absolute Gasteiger partial charge is 0.258 e. The molecule has 4 rings (SSSR count). The van der Waals surface area contributed by atoms with Gasteiger partial charge in [0.15, 0.2) is 0 Å². The summed E-state index contributed by atoms with van der Waals surface area (Å²) in [6, 6.07) is 13.3. The van der Waals surface area contributed by atoms with E-state index in [1.807, 2.05) is 60.4 Å². The van der Waals surface area contributed by atoms with Crippen molar-refractivity contribution in [1.29, 1.82) is 0 Å². The Kier molecular flexibility index (Phi) is 7.70. The molecule has 0 aliphatic carbocycles. The minimum atomic E-state index is -0.282. The Labute approximate surface area is 211 Å². The molecule has 0 fully saturated rings. The average molecular weight is 487 g/mol. The van der Waals surface area contributed by atoms with Gasteiger partial charge in [0.25, 0.3) is 5.56 Å². The van der Waals surface area contributed by atoms with Crippen molar-refractivity contribution in [3.63, 3.8) is 0 Å². The lowest BCUT2D eigenvalue weighted by Gasteiger charge is -2.22. The lowest BCUT2D eigenvalue weighted by Crippen LogP contribution is -2.34. The molecule has 1 aliphatic heterocycles. The van der Waals surface area contributed by atoms with Crippen molar-refractivity contribution >= 4 is 34.3 Å². The van der Waals surface area contributed by atoms with Crippen LogP contribution in [0.4, 0.5) is 5.69 Å². The van der Waals surface area contributed by atoms with E-state index in [4.69, 9.17) is 5.73 Å². The van der Waals surface area contributed by atoms with Crippen LogP contribution in [0.25, 0.3) is 28.0 Å². The molecule has 2 aromatic carbocycles. The molecule has 1 aliphatic rings. The third kappa shape index (κ3) is 5.11. The molecular weight excluding hydrogens is 452 g/mol. The predicted molar refractivity (Wildman–Crippen MR) is 146 cm³/mol. The summed E-state index contributed by atoms with van der Waals surface area (Å²) in [6.07, 6.45) is 5.77. The Morgan fingerprint density at radius 2 is 1.81 bits per heavy atom. The molecule has 3 aromatic rings. The third-order valence-electron chi connectivity index (χ3n) is 6.55. The zero-order chi connectivity index (χ0) is 25.8. The lowest BCUT2D eigenvalue weighted by molar-refractivity contribution is -0.127. The number of pyridine rings is 1. The van der Waals surface area contributed by atoms with E-state index in [0.717, 1.165) is 53.7 Å². The monoisotopic (exact) mass is 486 g/mol. The second-order valence-corrected chi connectivity index (χ2v) is 9.38. The molecule has 7 heteroatoms. The summed E-state index contributed by atoms with van der Waals surface area (Å²) in [4.78, 5) is 32.6. The third-order valence-corrected chi connectivity index (χ3v) is 6.55. The number of aliphatic hydroxyl groups is 1. The number of benzene rings is 2. The van der Waals surface area contributed by atoms with Gasteiger partial charge in [-0.2, -0.15) is 0 Å². The molecule has 0 spiro atoms. The van der Waals surface area contributed by atoms with Gasteiger partial charge in [0.05, 0.1) is 18.3 Å². The number of amides is 1. The number of fused-ring (bicyclic) bond motifs is 2. The SMILES string of the molecule is CCCN(CCC)C(=O)C1=Cc2ccc(-c3ccc4c(=O)n(C(C)CO)ccc4c3)cc2N=C(N)C1. The van der Waals surface area contributed by atoms with Crippen molar-refractivity contribution < 1.29 is 9.90 Å². The van der Waals surface area contributed by atoms with Gasteiger partial charge in [-0.05, 0) is 66.6 Å². The van der Waals surface area contributed by atoms with E-state index in [0.29, 0.717) is 23.2 Å². The van der Waals surface area contributed by atoms with Crippen LogP contribution in [0.3, 0.4) is 0 Å². The number of hydrogen-bond acceptors (Lipinski definition) is 5. The topological polar surface area (TPSA) is 101 Å². The largest absolute Gasteiger partial charge is 0.394 e. The maximum absolute atomic E-state index is 13.2. The molecule has 1 aromatic heterocycles. The van der Waals surface area contributed by atoms with Gasteiger partial charge < -0.3 is 20.3 Å². The van der Waals surface area contributed by atoms with E-state index >= 15 is 0 Å². The van der Waals surface area contributed by atoms with Crippen molar-refractivity contribution in [1.82, 2.24) is 9.47 Å². The van der Waals surface area contributed by atoms with Gasteiger partial charge in [-0.15, -0.1) is 0 Å². The number of rotatable bonds is 8. The second kappa shape index (κ2) is 10.9. The molecular formula is C29H34N4O3. The summed E-state index contributed by atoms with van der Waals surface area (Å²) >= 11 is 0. The Morgan fingerprint density at radius 3 is 2.50 bits per heavy atom. The van der Waals surface area contributed by atoms with Crippen LogP contribution in [-0.4, -0.2) is 46.0 Å². The molecule has 1 atom stereocenters. The molecule has 188 valence electrons. The first-order chi connectivity index (χ1) is 17.4. The summed E-state index contributed by atoms with van der Waals surface area (Å²) in [5, 5.41) is 10.9. The first kappa shape index (κ1) is 25.4. The van der Waals surface area contributed by atoms with Gasteiger partial charge >= 0.3 is 0 Å². The predicted octanol–water partition coefficient (Wildman–Crippen LogP) is 4.65. The van der Waals surface area contributed by atoms with Crippen molar-refractivity contribution in [3.05, 3.63) is 70.2 Å². The molecule has 1 amide bonds. The van der Waals surface area contributed by atoms with Gasteiger partial charge in [0.2, 0.25) is 5.91 Å². The number of amidine groups is 1. The van der Waals surface area contributed by atoms with Crippen molar-refractivity contribution in [2.24, 2.45) is 10.7 Å². The molecule has 3 N–H and O–H groups in total. The van der Waals surface area contributed by atoms with Crippen LogP contribution in [0.1, 0.15) is 51.6 Å². The number of aliphatic hydroxyl groups excluding tert-OH is 1. The molecule has 36 heavy (non-hydrogen) atoms. The van der Waals surface area contributed by atoms with Gasteiger partial charge in [-0.25, -0.2) is 4.99 Å². The first-order valence-electron chi connectivity index (χ1n) is 12.6. The summed E-state index contributed by atoms with van der Waals surface area (Å²) in [6.45, 7) is 7.29. The molecule has 0 bridgehead atoms. The van der Waals surface area contributed by atoms with E-state index < -0.39 is 0 Å². The van der Waals surface area contributed by atoms with E-state index in [-0.39, 0.29) is 24.1 Å². The number of aromatic nitrogens is 1. The first-order valence-corrected chi connectivity index (χ1v) is 12.6. The number of hydrogen-bond donors (Lipinski definition) is 2. The molecule has 0 saturated heterocycles. The highest BCUT2D eigenvalue weighted by molar-refractivity contribution is 6.05. The van der Waals surface area contributed by atoms with E-state index in [1.54, 1.807) is 10.8 Å². The quantitative estimate of drug-likeness (QED) is 0.484. The van der Waals surface area contributed by atoms with Crippen LogP contribution in [0.15, 0.2) is 64.0 Å². The normalized spacial score (nSPS) is 14.0. The Morgan fingerprint density at radius 1 is 1.11 bits per heavy atom. The fourth-order valence-electron chi connectivity index (χ4n) is 4.64. The molecule has 2 heterocycles. The highest BCUT2D eigenvalue weighted by atomic mass is 16.3. The molecule has 0 saturated carbocycles. The maximum Gasteiger partial charge on any atom is 0.258 e. The number of carbonyl (C=O) groups is 1. The van der Waals surface area contributed by atoms with Crippen molar-refractivity contribution in [3.8, 4) is 11.1 Å². The zero-order valence-corrected chi connectivity index (χ0v) is 21.2. The second-order valence-electron chi connectivity index (χ2n) is 9.38. The fourth-order valence-corrected chi connectivity index (χ4v) is 4.64. The van der Waals surface area contributed by atoms with Gasteiger partial charge in [0.1, 0.15) is 5.84 Å². The number of carbonyl (C=O) groups excluding carboxylic acids is 1. The van der Waals surface area contributed by atoms with Crippen molar-refractivity contribution in [2.75, 3.05) is 19.7 Å². The van der Waals surface area contributed by atoms with E-state index in [2.05, 4.69) is 18.8 Å². The zero-order valence-electron chi connectivity index (χ0n) is 21.2. The van der Waals surface area contributed by atoms with Crippen LogP contribution < -0.4 is 11.3 Å². The minimum Gasteiger partial charge on any atom is -0.394 e. The minimum absolute atomic E-state index is 0.0180. The average Bonchev–Trinajstić information content (AvgIpc) is 3.05. The Hall–Kier alpha value is -3.71. The van der Waals surface area contributed by atoms with Gasteiger partial charge in [0, 0.05) is 42.2 Å². The molecule has 1 unspecified atom stereocenters. The lowest BCUT2D eigenvalue weighted by atomic mass is 9.99. The van der Waals surface area contributed by atoms with Crippen LogP contribution in [-0.2, 0) is 4.79 Å². The standard InChI is InChI=1S/C29H34N4O3/c1-4-11-32(12-5-2)28(35)24-15-23-7-6-21(16-26(23)31-27(30)17-24)20-8-9-25-22(14-20)10-13-33(29(25)36)19(3)18-34/h6-10,13-16,19,34H,4-5,11-12,17-18H2,1-3H3,(H2,30,31). The van der Waals surface area contributed by atoms with E-state index in [1.165, 1.54) is 0 Å². The summed E-state index contributed by atoms with van der Waals surface area (Å²) in [7, 11) is 0. The van der Waals surface area contributed by atoms with Crippen molar-refractivity contribution in [2.45, 2.75) is 46.1 Å². The summed E-state index contributed by atoms with van der Waals surface area (Å²) < 4.78 is 1.55. The number of nitrogens with zero attached hydrogens (tertiary/aromatic N) is 3. The molecule has 7 nitrogen and oxygen atoms in total. The van der Waals surface area contributed by atoms with Crippen LogP contribution >= 0.6 is 0 Å². The van der Waals surface area contributed by atoms with Gasteiger partial charge in [-0.3, -0.25) is 9.59 Å². The highest BCUT2D eigenvalue weighted by Crippen LogP contribution is 2.33. The van der Waals surface area contributed by atoms with Crippen LogP contribution in [0.5, 0.6) is 0 Å². The molecule has 0 radical (unpaired) electrons. The summed E-state index contributed by atoms with van der Waals surface area (Å²) in [5.74, 6) is 0.431. The highest BCUT2D eigenvalue weighted by Gasteiger charge is 2.21. The fraction of sp³-hybridized carbons (Fsp3) is 0.345. The summed E-state index contributed by atoms with van der Waals surface area (Å²) in [5.41, 5.74) is 10.2. The van der Waals surface area contributed by atoms with Gasteiger partial charge in [-0.1, -0.05) is 32.0 Å². The number of aliphatic imine (C=N–C) groups is 1. The van der Waals surface area contributed by atoms with E-state index in [9.17, 15) is 14.7 Å². The number of nitrogens with two attached hydrogens (primary N) is 1. The Bertz CT molecular complexity index is 1400. The van der Waals surface area contributed by atoms with Crippen LogP contribution in [0.2, 0.25) is 0 Å². The Balaban J connectivity index is 1.70. The maximum atomic E-state index is 13.2.